The summed E-state index contributed by atoms with van der Waals surface area (Å²) in [7, 11) is 1.78. The first-order valence-corrected chi connectivity index (χ1v) is 8.99. The van der Waals surface area contributed by atoms with Gasteiger partial charge in [0.05, 0.1) is 11.0 Å². The maximum atomic E-state index is 13.2. The van der Waals surface area contributed by atoms with Crippen molar-refractivity contribution in [2.75, 3.05) is 13.6 Å². The van der Waals surface area contributed by atoms with Crippen molar-refractivity contribution in [2.45, 2.75) is 32.7 Å². The van der Waals surface area contributed by atoms with Crippen molar-refractivity contribution in [2.24, 2.45) is 0 Å². The number of rotatable bonds is 6. The molecular formula is C20H24FN5O. The molecule has 0 saturated carbocycles. The molecule has 142 valence electrons. The highest BCUT2D eigenvalue weighted by Gasteiger charge is 2.17. The van der Waals surface area contributed by atoms with Crippen molar-refractivity contribution in [3.8, 4) is 0 Å². The Morgan fingerprint density at radius 1 is 1.37 bits per heavy atom. The van der Waals surface area contributed by atoms with E-state index in [0.29, 0.717) is 30.4 Å². The summed E-state index contributed by atoms with van der Waals surface area (Å²) in [5.74, 6) is 0.417. The molecule has 27 heavy (non-hydrogen) atoms. The Morgan fingerprint density at radius 3 is 2.96 bits per heavy atom. The van der Waals surface area contributed by atoms with Crippen LogP contribution in [-0.4, -0.2) is 45.5 Å². The number of urea groups is 1. The summed E-state index contributed by atoms with van der Waals surface area (Å²) in [4.78, 5) is 25.9. The standard InChI is InChI=1S/C20H24FN5O/c1-13-5-4-9-22-17(13)11-14(2)26(3)20(27)23-10-8-19-24-16-7-6-15(21)12-18(16)25-19/h4-7,9,12,14H,8,10-11H2,1-3H3,(H,23,27)(H,24,25)/t14-/m1/s1. The van der Waals surface area contributed by atoms with Gasteiger partial charge in [0.2, 0.25) is 0 Å². The number of hydrogen-bond acceptors (Lipinski definition) is 3. The van der Waals surface area contributed by atoms with Gasteiger partial charge < -0.3 is 15.2 Å². The molecule has 7 heteroatoms. The number of fused-ring (bicyclic) bond motifs is 1. The Kier molecular flexibility index (Phi) is 5.69. The summed E-state index contributed by atoms with van der Waals surface area (Å²) in [5, 5.41) is 2.90. The zero-order valence-electron chi connectivity index (χ0n) is 15.8. The number of halogens is 1. The molecule has 0 fully saturated rings. The van der Waals surface area contributed by atoms with Crippen LogP contribution in [0.5, 0.6) is 0 Å². The van der Waals surface area contributed by atoms with Gasteiger partial charge in [-0.25, -0.2) is 14.2 Å². The third-order valence-electron chi connectivity index (χ3n) is 4.72. The van der Waals surface area contributed by atoms with Crippen LogP contribution in [-0.2, 0) is 12.8 Å². The molecule has 6 nitrogen and oxygen atoms in total. The molecular weight excluding hydrogens is 345 g/mol. The number of H-pyrrole nitrogens is 1. The Hall–Kier alpha value is -2.96. The van der Waals surface area contributed by atoms with Crippen molar-refractivity contribution >= 4 is 17.1 Å². The number of imidazole rings is 1. The highest BCUT2D eigenvalue weighted by molar-refractivity contribution is 5.75. The number of pyridine rings is 1. The summed E-state index contributed by atoms with van der Waals surface area (Å²) in [5.41, 5.74) is 3.50. The molecule has 3 aromatic rings. The zero-order valence-corrected chi connectivity index (χ0v) is 15.8. The molecule has 0 unspecified atom stereocenters. The van der Waals surface area contributed by atoms with Gasteiger partial charge in [-0.2, -0.15) is 0 Å². The van der Waals surface area contributed by atoms with Crippen LogP contribution < -0.4 is 5.32 Å². The van der Waals surface area contributed by atoms with Gasteiger partial charge in [-0.15, -0.1) is 0 Å². The van der Waals surface area contributed by atoms with Gasteiger partial charge in [-0.05, 0) is 43.7 Å². The molecule has 2 N–H and O–H groups in total. The molecule has 2 amide bonds. The van der Waals surface area contributed by atoms with Crippen LogP contribution in [0.15, 0.2) is 36.5 Å². The third-order valence-corrected chi connectivity index (χ3v) is 4.72. The smallest absolute Gasteiger partial charge is 0.317 e. The minimum absolute atomic E-state index is 0.0211. The first kappa shape index (κ1) is 18.8. The van der Waals surface area contributed by atoms with Crippen molar-refractivity contribution in [1.29, 1.82) is 0 Å². The molecule has 0 aliphatic carbocycles. The van der Waals surface area contributed by atoms with E-state index in [1.165, 1.54) is 12.1 Å². The number of aryl methyl sites for hydroxylation is 1. The predicted molar refractivity (Wildman–Crippen MR) is 103 cm³/mol. The molecule has 1 aromatic carbocycles. The zero-order chi connectivity index (χ0) is 19.4. The van der Waals surface area contributed by atoms with E-state index in [1.807, 2.05) is 26.0 Å². The first-order valence-electron chi connectivity index (χ1n) is 8.99. The Labute approximate surface area is 157 Å². The first-order chi connectivity index (χ1) is 12.9. The van der Waals surface area contributed by atoms with Gasteiger partial charge in [-0.3, -0.25) is 4.98 Å². The minimum Gasteiger partial charge on any atom is -0.342 e. The van der Waals surface area contributed by atoms with Crippen molar-refractivity contribution < 1.29 is 9.18 Å². The van der Waals surface area contributed by atoms with Crippen LogP contribution in [0.2, 0.25) is 0 Å². The average molecular weight is 369 g/mol. The largest absolute Gasteiger partial charge is 0.342 e. The van der Waals surface area contributed by atoms with Crippen LogP contribution >= 0.6 is 0 Å². The van der Waals surface area contributed by atoms with Crippen molar-refractivity contribution in [3.05, 3.63) is 59.4 Å². The van der Waals surface area contributed by atoms with E-state index in [1.54, 1.807) is 24.2 Å². The van der Waals surface area contributed by atoms with Gasteiger partial charge in [0, 0.05) is 44.4 Å². The van der Waals surface area contributed by atoms with E-state index >= 15 is 0 Å². The summed E-state index contributed by atoms with van der Waals surface area (Å²) in [6, 6.07) is 8.25. The van der Waals surface area contributed by atoms with E-state index in [4.69, 9.17) is 0 Å². The summed E-state index contributed by atoms with van der Waals surface area (Å²) in [6.45, 7) is 4.47. The SMILES string of the molecule is Cc1cccnc1C[C@@H](C)N(C)C(=O)NCCc1nc2ccc(F)cc2[nH]1. The number of aromatic amines is 1. The van der Waals surface area contributed by atoms with Gasteiger partial charge in [0.15, 0.2) is 0 Å². The van der Waals surface area contributed by atoms with Gasteiger partial charge in [0.25, 0.3) is 0 Å². The number of nitrogens with one attached hydrogen (secondary N) is 2. The average Bonchev–Trinajstić information content (AvgIpc) is 3.04. The second kappa shape index (κ2) is 8.16. The van der Waals surface area contributed by atoms with Gasteiger partial charge >= 0.3 is 6.03 Å². The normalized spacial score (nSPS) is 12.1. The quantitative estimate of drug-likeness (QED) is 0.701. The van der Waals surface area contributed by atoms with Crippen molar-refractivity contribution in [1.82, 2.24) is 25.2 Å². The molecule has 2 aromatic heterocycles. The van der Waals surface area contributed by atoms with Crippen molar-refractivity contribution in [3.63, 3.8) is 0 Å². The lowest BCUT2D eigenvalue weighted by Crippen LogP contribution is -2.44. The topological polar surface area (TPSA) is 73.9 Å². The van der Waals surface area contributed by atoms with Gasteiger partial charge in [0.1, 0.15) is 11.6 Å². The number of carbonyl (C=O) groups excluding carboxylic acids is 1. The van der Waals surface area contributed by atoms with Crippen LogP contribution in [0.4, 0.5) is 9.18 Å². The van der Waals surface area contributed by atoms with E-state index in [2.05, 4.69) is 20.3 Å². The number of nitrogens with zero attached hydrogens (tertiary/aromatic N) is 3. The minimum atomic E-state index is -0.301. The maximum absolute atomic E-state index is 13.2. The maximum Gasteiger partial charge on any atom is 0.317 e. The van der Waals surface area contributed by atoms with E-state index < -0.39 is 0 Å². The van der Waals surface area contributed by atoms with Crippen LogP contribution in [0.3, 0.4) is 0 Å². The van der Waals surface area contributed by atoms with E-state index in [0.717, 1.165) is 17.1 Å². The second-order valence-corrected chi connectivity index (χ2v) is 6.76. The predicted octanol–water partition coefficient (Wildman–Crippen LogP) is 3.22. The highest BCUT2D eigenvalue weighted by Crippen LogP contribution is 2.13. The second-order valence-electron chi connectivity index (χ2n) is 6.76. The van der Waals surface area contributed by atoms with Gasteiger partial charge in [-0.1, -0.05) is 6.07 Å². The number of likely N-dealkylation sites (N-methyl/N-ethyl adjacent to an activating group) is 1. The molecule has 2 heterocycles. The van der Waals surface area contributed by atoms with Crippen LogP contribution in [0.1, 0.15) is 24.0 Å². The van der Waals surface area contributed by atoms with E-state index in [9.17, 15) is 9.18 Å². The summed E-state index contributed by atoms with van der Waals surface area (Å²) in [6.07, 6.45) is 3.02. The molecule has 0 saturated heterocycles. The number of benzene rings is 1. The Bertz CT molecular complexity index is 939. The molecule has 0 aliphatic rings. The number of hydrogen-bond donors (Lipinski definition) is 2. The molecule has 0 spiro atoms. The number of amides is 2. The Balaban J connectivity index is 1.51. The lowest BCUT2D eigenvalue weighted by molar-refractivity contribution is 0.193. The molecule has 0 aliphatic heterocycles. The van der Waals surface area contributed by atoms with E-state index in [-0.39, 0.29) is 17.9 Å². The number of aromatic nitrogens is 3. The fraction of sp³-hybridized carbons (Fsp3) is 0.350. The molecule has 3 rings (SSSR count). The van der Waals surface area contributed by atoms with Crippen LogP contribution in [0.25, 0.3) is 11.0 Å². The molecule has 0 radical (unpaired) electrons. The fourth-order valence-electron chi connectivity index (χ4n) is 2.91. The molecule has 0 bridgehead atoms. The fourth-order valence-corrected chi connectivity index (χ4v) is 2.91. The monoisotopic (exact) mass is 369 g/mol. The lowest BCUT2D eigenvalue weighted by Gasteiger charge is -2.25. The molecule has 1 atom stereocenters. The Morgan fingerprint density at radius 2 is 2.19 bits per heavy atom. The lowest BCUT2D eigenvalue weighted by atomic mass is 10.1. The number of carbonyl (C=O) groups is 1. The third kappa shape index (κ3) is 4.61. The van der Waals surface area contributed by atoms with Crippen LogP contribution in [0, 0.1) is 12.7 Å². The highest BCUT2D eigenvalue weighted by atomic mass is 19.1. The summed E-state index contributed by atoms with van der Waals surface area (Å²) >= 11 is 0. The summed E-state index contributed by atoms with van der Waals surface area (Å²) < 4.78 is 13.2.